The number of hydrogen-bond acceptors (Lipinski definition) is 3. The molecule has 0 saturated heterocycles. The summed E-state index contributed by atoms with van der Waals surface area (Å²) in [6.07, 6.45) is 3.73. The highest BCUT2D eigenvalue weighted by molar-refractivity contribution is 6.02. The van der Waals surface area contributed by atoms with Crippen LogP contribution in [0.15, 0.2) is 11.3 Å². The SMILES string of the molecule is CC1C(=O)C2=C(CCCC2)N1[O-]. The molecule has 2 rings (SSSR count). The number of carbonyl (C=O) groups is 1. The molecule has 0 N–H and O–H groups in total. The molecule has 0 saturated carbocycles. The summed E-state index contributed by atoms with van der Waals surface area (Å²) in [6, 6.07) is -0.451. The van der Waals surface area contributed by atoms with Crippen molar-refractivity contribution in [2.45, 2.75) is 38.6 Å². The maximum Gasteiger partial charge on any atom is 0.181 e. The Labute approximate surface area is 71.6 Å². The molecule has 1 aliphatic heterocycles. The average molecular weight is 166 g/mol. The number of rotatable bonds is 0. The van der Waals surface area contributed by atoms with Gasteiger partial charge < -0.3 is 10.3 Å². The van der Waals surface area contributed by atoms with E-state index in [4.69, 9.17) is 0 Å². The van der Waals surface area contributed by atoms with Crippen LogP contribution in [0.1, 0.15) is 32.6 Å². The number of nitrogens with zero attached hydrogens (tertiary/aromatic N) is 1. The number of allylic oxidation sites excluding steroid dienone is 1. The van der Waals surface area contributed by atoms with Crippen molar-refractivity contribution in [1.82, 2.24) is 5.06 Å². The number of hydroxylamine groups is 2. The molecule has 1 aliphatic carbocycles. The molecule has 1 heterocycles. The van der Waals surface area contributed by atoms with Crippen LogP contribution in [0, 0.1) is 5.21 Å². The van der Waals surface area contributed by atoms with Crippen LogP contribution in [0.25, 0.3) is 0 Å². The zero-order valence-corrected chi connectivity index (χ0v) is 7.17. The van der Waals surface area contributed by atoms with E-state index in [1.54, 1.807) is 6.92 Å². The molecule has 0 radical (unpaired) electrons. The third-order valence-electron chi connectivity index (χ3n) is 2.73. The minimum absolute atomic E-state index is 0.0553. The third-order valence-corrected chi connectivity index (χ3v) is 2.73. The first-order valence-electron chi connectivity index (χ1n) is 4.44. The van der Waals surface area contributed by atoms with Gasteiger partial charge in [-0.1, -0.05) is 0 Å². The fourth-order valence-corrected chi connectivity index (χ4v) is 1.99. The van der Waals surface area contributed by atoms with Gasteiger partial charge >= 0.3 is 0 Å². The Morgan fingerprint density at radius 1 is 1.42 bits per heavy atom. The lowest BCUT2D eigenvalue weighted by molar-refractivity contribution is -0.117. The maximum absolute atomic E-state index is 11.5. The molecule has 0 bridgehead atoms. The molecule has 0 spiro atoms. The van der Waals surface area contributed by atoms with Gasteiger partial charge in [0.2, 0.25) is 0 Å². The van der Waals surface area contributed by atoms with Crippen LogP contribution < -0.4 is 0 Å². The molecule has 0 aromatic rings. The number of ketones is 1. The van der Waals surface area contributed by atoms with E-state index in [2.05, 4.69) is 0 Å². The van der Waals surface area contributed by atoms with Crippen LogP contribution in [0.5, 0.6) is 0 Å². The minimum Gasteiger partial charge on any atom is -0.758 e. The smallest absolute Gasteiger partial charge is 0.181 e. The summed E-state index contributed by atoms with van der Waals surface area (Å²) >= 11 is 0. The molecular formula is C9H12NO2-. The molecule has 2 aliphatic rings. The summed E-state index contributed by atoms with van der Waals surface area (Å²) in [6.45, 7) is 1.69. The van der Waals surface area contributed by atoms with Gasteiger partial charge in [0.25, 0.3) is 0 Å². The Bertz CT molecular complexity index is 257. The second kappa shape index (κ2) is 2.59. The standard InChI is InChI=1S/C9H12NO2/c1-6-9(11)7-4-2-3-5-8(7)10(6)12/h6H,2-5H2,1H3/q-1. The first-order valence-corrected chi connectivity index (χ1v) is 4.44. The molecule has 0 fully saturated rings. The van der Waals surface area contributed by atoms with Crippen molar-refractivity contribution in [3.63, 3.8) is 0 Å². The van der Waals surface area contributed by atoms with E-state index in [0.29, 0.717) is 0 Å². The summed E-state index contributed by atoms with van der Waals surface area (Å²) in [4.78, 5) is 11.5. The third kappa shape index (κ3) is 0.894. The molecule has 1 unspecified atom stereocenters. The van der Waals surface area contributed by atoms with Crippen molar-refractivity contribution in [2.24, 2.45) is 0 Å². The predicted molar refractivity (Wildman–Crippen MR) is 45.2 cm³/mol. The molecule has 1 atom stereocenters. The van der Waals surface area contributed by atoms with Gasteiger partial charge in [-0.2, -0.15) is 0 Å². The Balaban J connectivity index is 2.35. The van der Waals surface area contributed by atoms with E-state index < -0.39 is 6.04 Å². The number of hydrogen-bond donors (Lipinski definition) is 0. The van der Waals surface area contributed by atoms with Crippen LogP contribution in [0.2, 0.25) is 0 Å². The molecule has 0 amide bonds. The Morgan fingerprint density at radius 2 is 2.08 bits per heavy atom. The van der Waals surface area contributed by atoms with Crippen molar-refractivity contribution in [3.8, 4) is 0 Å². The molecule has 3 heteroatoms. The minimum atomic E-state index is -0.451. The molecule has 12 heavy (non-hydrogen) atoms. The van der Waals surface area contributed by atoms with Crippen LogP contribution in [-0.4, -0.2) is 16.9 Å². The zero-order chi connectivity index (χ0) is 8.72. The van der Waals surface area contributed by atoms with E-state index in [0.717, 1.165) is 42.0 Å². The Kier molecular flexibility index (Phi) is 1.68. The highest BCUT2D eigenvalue weighted by atomic mass is 16.5. The molecule has 0 aromatic heterocycles. The number of carbonyl (C=O) groups excluding carboxylic acids is 1. The van der Waals surface area contributed by atoms with Crippen LogP contribution in [0.4, 0.5) is 0 Å². The maximum atomic E-state index is 11.5. The molecule has 0 aromatic carbocycles. The summed E-state index contributed by atoms with van der Waals surface area (Å²) in [5.41, 5.74) is 1.57. The van der Waals surface area contributed by atoms with Crippen molar-refractivity contribution in [1.29, 1.82) is 0 Å². The van der Waals surface area contributed by atoms with Crippen LogP contribution in [-0.2, 0) is 4.79 Å². The predicted octanol–water partition coefficient (Wildman–Crippen LogP) is 1.59. The van der Waals surface area contributed by atoms with E-state index in [9.17, 15) is 10.0 Å². The highest BCUT2D eigenvalue weighted by Crippen LogP contribution is 2.34. The summed E-state index contributed by atoms with van der Waals surface area (Å²) in [5.74, 6) is 0.0553. The number of Topliss-reactive ketones (excluding diaryl/α,β-unsaturated/α-hetero) is 1. The second-order valence-electron chi connectivity index (χ2n) is 3.50. The van der Waals surface area contributed by atoms with E-state index in [-0.39, 0.29) is 5.78 Å². The quantitative estimate of drug-likeness (QED) is 0.548. The lowest BCUT2D eigenvalue weighted by Gasteiger charge is -2.33. The van der Waals surface area contributed by atoms with Crippen molar-refractivity contribution < 1.29 is 4.79 Å². The van der Waals surface area contributed by atoms with Gasteiger partial charge in [0.05, 0.1) is 6.04 Å². The van der Waals surface area contributed by atoms with E-state index >= 15 is 0 Å². The molecule has 3 nitrogen and oxygen atoms in total. The van der Waals surface area contributed by atoms with Gasteiger partial charge in [0, 0.05) is 11.3 Å². The van der Waals surface area contributed by atoms with Crippen molar-refractivity contribution in [3.05, 3.63) is 16.5 Å². The van der Waals surface area contributed by atoms with Gasteiger partial charge in [-0.25, -0.2) is 0 Å². The van der Waals surface area contributed by atoms with Crippen molar-refractivity contribution in [2.75, 3.05) is 0 Å². The zero-order valence-electron chi connectivity index (χ0n) is 7.17. The molecular weight excluding hydrogens is 154 g/mol. The monoisotopic (exact) mass is 166 g/mol. The van der Waals surface area contributed by atoms with Gasteiger partial charge in [0.15, 0.2) is 5.78 Å². The van der Waals surface area contributed by atoms with Crippen molar-refractivity contribution >= 4 is 5.78 Å². The first-order chi connectivity index (χ1) is 5.72. The summed E-state index contributed by atoms with van der Waals surface area (Å²) in [7, 11) is 0. The fraction of sp³-hybridized carbons (Fsp3) is 0.667. The van der Waals surface area contributed by atoms with Gasteiger partial charge in [-0.05, 0) is 32.6 Å². The summed E-state index contributed by atoms with van der Waals surface area (Å²) < 4.78 is 0. The lowest BCUT2D eigenvalue weighted by Crippen LogP contribution is -2.26. The van der Waals surface area contributed by atoms with E-state index in [1.807, 2.05) is 0 Å². The highest BCUT2D eigenvalue weighted by Gasteiger charge is 2.32. The van der Waals surface area contributed by atoms with Crippen LogP contribution >= 0.6 is 0 Å². The van der Waals surface area contributed by atoms with Gasteiger partial charge in [-0.3, -0.25) is 4.79 Å². The topological polar surface area (TPSA) is 43.4 Å². The van der Waals surface area contributed by atoms with Gasteiger partial charge in [-0.15, -0.1) is 0 Å². The van der Waals surface area contributed by atoms with E-state index in [1.165, 1.54) is 0 Å². The van der Waals surface area contributed by atoms with Gasteiger partial charge in [0.1, 0.15) is 0 Å². The van der Waals surface area contributed by atoms with Crippen LogP contribution in [0.3, 0.4) is 0 Å². The Hall–Kier alpha value is -0.830. The molecule has 66 valence electrons. The summed E-state index contributed by atoms with van der Waals surface area (Å²) in [5, 5.41) is 12.3. The normalized spacial score (nSPS) is 29.7. The largest absolute Gasteiger partial charge is 0.758 e. The second-order valence-corrected chi connectivity index (χ2v) is 3.50. The fourth-order valence-electron chi connectivity index (χ4n) is 1.99. The Morgan fingerprint density at radius 3 is 2.75 bits per heavy atom. The first kappa shape index (κ1) is 7.80. The average Bonchev–Trinajstić information content (AvgIpc) is 2.33. The lowest BCUT2D eigenvalue weighted by atomic mass is 9.95.